The van der Waals surface area contributed by atoms with Gasteiger partial charge in [0, 0.05) is 19.1 Å². The molecular weight excluding hydrogens is 292 g/mol. The molecule has 1 aromatic carbocycles. The van der Waals surface area contributed by atoms with E-state index >= 15 is 0 Å². The van der Waals surface area contributed by atoms with Crippen molar-refractivity contribution in [3.63, 3.8) is 0 Å². The van der Waals surface area contributed by atoms with Crippen LogP contribution in [0.15, 0.2) is 39.9 Å². The molecule has 1 aliphatic rings. The van der Waals surface area contributed by atoms with Crippen LogP contribution < -0.4 is 16.6 Å². The summed E-state index contributed by atoms with van der Waals surface area (Å²) in [4.78, 5) is 29.0. The fourth-order valence-electron chi connectivity index (χ4n) is 2.86. The quantitative estimate of drug-likeness (QED) is 0.894. The highest BCUT2D eigenvalue weighted by atomic mass is 16.2. The van der Waals surface area contributed by atoms with E-state index in [9.17, 15) is 9.59 Å². The number of hydrogen-bond donors (Lipinski definition) is 2. The second-order valence-corrected chi connectivity index (χ2v) is 6.15. The van der Waals surface area contributed by atoms with E-state index in [1.54, 1.807) is 4.57 Å². The fraction of sp³-hybridized carbons (Fsp3) is 0.412. The van der Waals surface area contributed by atoms with E-state index in [4.69, 9.17) is 0 Å². The molecule has 0 fully saturated rings. The van der Waals surface area contributed by atoms with Crippen molar-refractivity contribution in [1.29, 1.82) is 0 Å². The molecule has 2 heterocycles. The van der Waals surface area contributed by atoms with Gasteiger partial charge in [0.15, 0.2) is 0 Å². The van der Waals surface area contributed by atoms with Crippen molar-refractivity contribution in [3.05, 3.63) is 62.3 Å². The summed E-state index contributed by atoms with van der Waals surface area (Å²) in [6, 6.07) is 10.4. The first-order valence-electron chi connectivity index (χ1n) is 7.94. The van der Waals surface area contributed by atoms with Crippen molar-refractivity contribution < 1.29 is 0 Å². The SMILES string of the molecule is CC(C)N1CNc2c(c(=O)[nH]c(=O)n2CCc2ccccc2)C1. The lowest BCUT2D eigenvalue weighted by Crippen LogP contribution is -2.45. The summed E-state index contributed by atoms with van der Waals surface area (Å²) in [7, 11) is 0. The van der Waals surface area contributed by atoms with Crippen molar-refractivity contribution in [1.82, 2.24) is 14.5 Å². The number of anilines is 1. The van der Waals surface area contributed by atoms with Gasteiger partial charge < -0.3 is 5.32 Å². The molecule has 0 saturated heterocycles. The van der Waals surface area contributed by atoms with Crippen LogP contribution in [0.3, 0.4) is 0 Å². The molecule has 6 heteroatoms. The van der Waals surface area contributed by atoms with E-state index in [0.29, 0.717) is 37.2 Å². The molecule has 0 atom stereocenters. The number of aromatic nitrogens is 2. The van der Waals surface area contributed by atoms with Crippen LogP contribution in [-0.4, -0.2) is 27.2 Å². The Kier molecular flexibility index (Phi) is 4.34. The first kappa shape index (κ1) is 15.6. The smallest absolute Gasteiger partial charge is 0.329 e. The van der Waals surface area contributed by atoms with Crippen LogP contribution in [0.4, 0.5) is 5.82 Å². The summed E-state index contributed by atoms with van der Waals surface area (Å²) in [6.45, 7) is 5.91. The van der Waals surface area contributed by atoms with Crippen molar-refractivity contribution in [2.24, 2.45) is 0 Å². The third kappa shape index (κ3) is 3.22. The molecule has 0 aliphatic carbocycles. The number of fused-ring (bicyclic) bond motifs is 1. The standard InChI is InChI=1S/C17H22N4O2/c1-12(2)20-10-14-15(18-11-20)21(17(23)19-16(14)22)9-8-13-6-4-3-5-7-13/h3-7,12,18H,8-11H2,1-2H3,(H,19,22,23). The van der Waals surface area contributed by atoms with Crippen molar-refractivity contribution >= 4 is 5.82 Å². The minimum absolute atomic E-state index is 0.293. The van der Waals surface area contributed by atoms with Gasteiger partial charge in [-0.1, -0.05) is 30.3 Å². The topological polar surface area (TPSA) is 70.1 Å². The van der Waals surface area contributed by atoms with Crippen LogP contribution in [-0.2, 0) is 19.5 Å². The Hall–Kier alpha value is -2.34. The number of benzene rings is 1. The predicted molar refractivity (Wildman–Crippen MR) is 90.6 cm³/mol. The number of nitrogens with zero attached hydrogens (tertiary/aromatic N) is 2. The van der Waals surface area contributed by atoms with E-state index in [-0.39, 0.29) is 11.2 Å². The fourth-order valence-corrected chi connectivity index (χ4v) is 2.86. The van der Waals surface area contributed by atoms with Gasteiger partial charge in [0.25, 0.3) is 5.56 Å². The molecule has 0 unspecified atom stereocenters. The van der Waals surface area contributed by atoms with Crippen molar-refractivity contribution in [2.45, 2.75) is 39.4 Å². The van der Waals surface area contributed by atoms with Gasteiger partial charge in [-0.2, -0.15) is 0 Å². The minimum atomic E-state index is -0.352. The number of aromatic amines is 1. The Bertz CT molecular complexity index is 792. The van der Waals surface area contributed by atoms with Crippen LogP contribution in [0.5, 0.6) is 0 Å². The summed E-state index contributed by atoms with van der Waals surface area (Å²) in [5.41, 5.74) is 1.16. The summed E-state index contributed by atoms with van der Waals surface area (Å²) in [6.07, 6.45) is 0.745. The molecule has 1 aromatic heterocycles. The Morgan fingerprint density at radius 2 is 1.91 bits per heavy atom. The predicted octanol–water partition coefficient (Wildman–Crippen LogP) is 1.37. The maximum atomic E-state index is 12.2. The van der Waals surface area contributed by atoms with E-state index in [1.807, 2.05) is 30.3 Å². The number of aryl methyl sites for hydroxylation is 1. The highest BCUT2D eigenvalue weighted by molar-refractivity contribution is 5.45. The first-order chi connectivity index (χ1) is 11.1. The maximum absolute atomic E-state index is 12.2. The number of nitrogens with one attached hydrogen (secondary N) is 2. The van der Waals surface area contributed by atoms with Crippen LogP contribution in [0.25, 0.3) is 0 Å². The summed E-state index contributed by atoms with van der Waals surface area (Å²) < 4.78 is 1.64. The molecule has 0 amide bonds. The molecule has 1 aliphatic heterocycles. The number of rotatable bonds is 4. The molecule has 6 nitrogen and oxygen atoms in total. The Morgan fingerprint density at radius 1 is 1.17 bits per heavy atom. The first-order valence-corrected chi connectivity index (χ1v) is 7.94. The van der Waals surface area contributed by atoms with Gasteiger partial charge in [0.2, 0.25) is 0 Å². The van der Waals surface area contributed by atoms with Gasteiger partial charge in [-0.25, -0.2) is 4.79 Å². The molecule has 3 rings (SSSR count). The largest absolute Gasteiger partial charge is 0.358 e. The molecular formula is C17H22N4O2. The second kappa shape index (κ2) is 6.42. The number of hydrogen-bond acceptors (Lipinski definition) is 4. The normalized spacial score (nSPS) is 14.6. The maximum Gasteiger partial charge on any atom is 0.329 e. The van der Waals surface area contributed by atoms with Crippen molar-refractivity contribution in [2.75, 3.05) is 12.0 Å². The highest BCUT2D eigenvalue weighted by Crippen LogP contribution is 2.19. The zero-order valence-electron chi connectivity index (χ0n) is 13.5. The zero-order valence-corrected chi connectivity index (χ0v) is 13.5. The van der Waals surface area contributed by atoms with Crippen LogP contribution in [0.1, 0.15) is 25.0 Å². The molecule has 23 heavy (non-hydrogen) atoms. The van der Waals surface area contributed by atoms with E-state index in [1.165, 1.54) is 5.56 Å². The lowest BCUT2D eigenvalue weighted by atomic mass is 10.1. The van der Waals surface area contributed by atoms with E-state index in [2.05, 4.69) is 29.0 Å². The Balaban J connectivity index is 1.91. The third-order valence-corrected chi connectivity index (χ3v) is 4.30. The Labute approximate surface area is 134 Å². The lowest BCUT2D eigenvalue weighted by molar-refractivity contribution is 0.218. The van der Waals surface area contributed by atoms with Crippen LogP contribution >= 0.6 is 0 Å². The van der Waals surface area contributed by atoms with Gasteiger partial charge in [-0.3, -0.25) is 19.2 Å². The van der Waals surface area contributed by atoms with Crippen LogP contribution in [0.2, 0.25) is 0 Å². The van der Waals surface area contributed by atoms with Gasteiger partial charge in [0.05, 0.1) is 12.2 Å². The second-order valence-electron chi connectivity index (χ2n) is 6.15. The monoisotopic (exact) mass is 314 g/mol. The van der Waals surface area contributed by atoms with Gasteiger partial charge in [-0.05, 0) is 25.8 Å². The van der Waals surface area contributed by atoms with Crippen LogP contribution in [0, 0.1) is 0 Å². The molecule has 2 N–H and O–H groups in total. The zero-order chi connectivity index (χ0) is 16.4. The molecule has 0 saturated carbocycles. The third-order valence-electron chi connectivity index (χ3n) is 4.30. The van der Waals surface area contributed by atoms with Gasteiger partial charge >= 0.3 is 5.69 Å². The Morgan fingerprint density at radius 3 is 2.61 bits per heavy atom. The average molecular weight is 314 g/mol. The van der Waals surface area contributed by atoms with Gasteiger partial charge in [-0.15, -0.1) is 0 Å². The number of H-pyrrole nitrogens is 1. The molecule has 0 spiro atoms. The summed E-state index contributed by atoms with van der Waals surface area (Å²) in [5, 5.41) is 3.25. The summed E-state index contributed by atoms with van der Waals surface area (Å²) >= 11 is 0. The molecule has 0 bridgehead atoms. The van der Waals surface area contributed by atoms with E-state index < -0.39 is 0 Å². The average Bonchev–Trinajstić information content (AvgIpc) is 2.55. The van der Waals surface area contributed by atoms with E-state index in [0.717, 1.165) is 6.42 Å². The van der Waals surface area contributed by atoms with Gasteiger partial charge in [0.1, 0.15) is 5.82 Å². The summed E-state index contributed by atoms with van der Waals surface area (Å²) in [5.74, 6) is 0.659. The van der Waals surface area contributed by atoms with Crippen molar-refractivity contribution in [3.8, 4) is 0 Å². The minimum Gasteiger partial charge on any atom is -0.358 e. The lowest BCUT2D eigenvalue weighted by Gasteiger charge is -2.33. The molecule has 2 aromatic rings. The molecule has 122 valence electrons. The highest BCUT2D eigenvalue weighted by Gasteiger charge is 2.23. The molecule has 0 radical (unpaired) electrons.